The molecule has 2 aromatic carbocycles. The maximum Gasteiger partial charge on any atom is 0.254 e. The molecule has 2 fully saturated rings. The molecule has 0 bridgehead atoms. The Kier molecular flexibility index (Phi) is 11.7. The highest BCUT2D eigenvalue weighted by Crippen LogP contribution is 2.39. The molecule has 0 spiro atoms. The van der Waals surface area contributed by atoms with Gasteiger partial charge in [-0.05, 0) is 73.2 Å². The number of ether oxygens (including phenoxy) is 1. The number of likely N-dealkylation sites (tertiary alicyclic amines) is 2. The molecule has 2 amide bonds. The number of H-pyrrole nitrogens is 1. The van der Waals surface area contributed by atoms with E-state index >= 15 is 4.39 Å². The summed E-state index contributed by atoms with van der Waals surface area (Å²) in [5.41, 5.74) is 5.20. The lowest BCUT2D eigenvalue weighted by Gasteiger charge is -2.35. The molecule has 4 atom stereocenters. The molecule has 6 aromatic rings. The molecular weight excluding hydrogens is 788 g/mol. The van der Waals surface area contributed by atoms with Gasteiger partial charge in [-0.2, -0.15) is 0 Å². The summed E-state index contributed by atoms with van der Waals surface area (Å²) in [4.78, 5) is 39.9. The Balaban J connectivity index is 0.841. The Morgan fingerprint density at radius 3 is 2.57 bits per heavy atom. The van der Waals surface area contributed by atoms with E-state index in [1.165, 1.54) is 4.90 Å². The van der Waals surface area contributed by atoms with E-state index in [1.807, 2.05) is 63.5 Å². The highest BCUT2D eigenvalue weighted by Gasteiger charge is 2.44. The highest BCUT2D eigenvalue weighted by molar-refractivity contribution is 7.13. The van der Waals surface area contributed by atoms with E-state index in [9.17, 15) is 19.8 Å². The van der Waals surface area contributed by atoms with Gasteiger partial charge in [0.25, 0.3) is 5.88 Å². The van der Waals surface area contributed by atoms with Crippen molar-refractivity contribution in [2.75, 3.05) is 32.8 Å². The number of nitrogens with one attached hydrogen (secondary N) is 2. The molecule has 4 aromatic heterocycles. The number of nitrogens with zero attached hydrogens (tertiary/aromatic N) is 6. The van der Waals surface area contributed by atoms with Gasteiger partial charge >= 0.3 is 0 Å². The maximum absolute atomic E-state index is 16.3. The first-order valence-corrected chi connectivity index (χ1v) is 21.2. The minimum absolute atomic E-state index is 0.0276. The van der Waals surface area contributed by atoms with Crippen LogP contribution in [0.3, 0.4) is 0 Å². The quantitative estimate of drug-likeness (QED) is 0.0975. The molecule has 8 rings (SSSR count). The van der Waals surface area contributed by atoms with E-state index in [-0.39, 0.29) is 67.8 Å². The fourth-order valence-electron chi connectivity index (χ4n) is 8.28. The van der Waals surface area contributed by atoms with Gasteiger partial charge in [0.1, 0.15) is 24.3 Å². The second kappa shape index (κ2) is 17.1. The van der Waals surface area contributed by atoms with Crippen molar-refractivity contribution < 1.29 is 33.5 Å². The molecule has 0 aliphatic carbocycles. The Hall–Kier alpha value is -5.71. The van der Waals surface area contributed by atoms with Crippen LogP contribution >= 0.6 is 11.3 Å². The van der Waals surface area contributed by atoms with Crippen molar-refractivity contribution in [2.45, 2.75) is 76.7 Å². The van der Waals surface area contributed by atoms with E-state index in [2.05, 4.69) is 35.5 Å². The van der Waals surface area contributed by atoms with Crippen molar-refractivity contribution in [3.63, 3.8) is 0 Å². The number of aliphatic hydroxyl groups is 1. The van der Waals surface area contributed by atoms with Crippen LogP contribution in [0.15, 0.2) is 76.8 Å². The number of halogens is 1. The molecule has 60 heavy (non-hydrogen) atoms. The average Bonchev–Trinajstić information content (AvgIpc) is 4.06. The van der Waals surface area contributed by atoms with Crippen LogP contribution in [0.25, 0.3) is 32.7 Å². The van der Waals surface area contributed by atoms with Crippen LogP contribution in [0.1, 0.15) is 74.7 Å². The smallest absolute Gasteiger partial charge is 0.254 e. The highest BCUT2D eigenvalue weighted by atomic mass is 32.1. The van der Waals surface area contributed by atoms with E-state index < -0.39 is 23.7 Å². The normalized spacial score (nSPS) is 19.1. The van der Waals surface area contributed by atoms with Gasteiger partial charge in [0.15, 0.2) is 17.1 Å². The summed E-state index contributed by atoms with van der Waals surface area (Å²) in [5.74, 6) is -1.00. The molecule has 4 N–H and O–H groups in total. The van der Waals surface area contributed by atoms with Gasteiger partial charge in [-0.3, -0.25) is 14.5 Å². The summed E-state index contributed by atoms with van der Waals surface area (Å²) in [6.07, 6.45) is -0.171. The number of hydrogen-bond acceptors (Lipinski definition) is 12. The number of aromatic nitrogens is 5. The lowest BCUT2D eigenvalue weighted by molar-refractivity contribution is -0.141. The molecule has 2 aliphatic heterocycles. The summed E-state index contributed by atoms with van der Waals surface area (Å²) in [5, 5.41) is 37.2. The van der Waals surface area contributed by atoms with Gasteiger partial charge in [-0.25, -0.2) is 9.37 Å². The van der Waals surface area contributed by atoms with Crippen molar-refractivity contribution in [1.29, 1.82) is 0 Å². The average molecular weight is 837 g/mol. The zero-order valence-corrected chi connectivity index (χ0v) is 34.8. The monoisotopic (exact) mass is 836 g/mol. The molecule has 16 heteroatoms. The van der Waals surface area contributed by atoms with Gasteiger partial charge in [0, 0.05) is 49.6 Å². The Bertz CT molecular complexity index is 2460. The largest absolute Gasteiger partial charge is 0.507 e. The number of hydrogen-bond donors (Lipinski definition) is 4. The second-order valence-electron chi connectivity index (χ2n) is 16.2. The third-order valence-electron chi connectivity index (χ3n) is 11.7. The lowest BCUT2D eigenvalue weighted by atomic mass is 9.90. The predicted octanol–water partition coefficient (Wildman–Crippen LogP) is 6.67. The zero-order valence-electron chi connectivity index (χ0n) is 34.0. The second-order valence-corrected chi connectivity index (χ2v) is 17.0. The number of carbonyl (C=O) groups is 2. The number of β-amino-alcohol motifs (C(OH)–C–C–N with tert-alkyl or cyclic N) is 1. The van der Waals surface area contributed by atoms with E-state index in [0.717, 1.165) is 21.7 Å². The maximum atomic E-state index is 16.3. The number of alkyl halides is 1. The number of phenolic OH excluding ortho intramolecular Hbond substituents is 1. The van der Waals surface area contributed by atoms with Crippen LogP contribution in [0.2, 0.25) is 0 Å². The van der Waals surface area contributed by atoms with E-state index in [1.54, 1.807) is 47.7 Å². The SMILES string of the molecule is Cc1ncsc1-c1ccc([C@H](C)NC(=O)[C@@H]2C[C@@H](O)CN2C(=O)[C@@H](c2cc(OCCN3CCC(F)(c4cc5cc(-c6ccccc6O)nnc5[nH]4)CC3)no2)C(C)C)cc1. The number of para-hydroxylation sites is 1. The predicted molar refractivity (Wildman–Crippen MR) is 224 cm³/mol. The molecule has 6 heterocycles. The van der Waals surface area contributed by atoms with Crippen molar-refractivity contribution >= 4 is 34.2 Å². The number of benzene rings is 2. The summed E-state index contributed by atoms with van der Waals surface area (Å²) < 4.78 is 27.9. The molecule has 314 valence electrons. The van der Waals surface area contributed by atoms with Crippen molar-refractivity contribution in [3.8, 4) is 33.3 Å². The van der Waals surface area contributed by atoms with Gasteiger partial charge in [0.2, 0.25) is 11.8 Å². The molecular formula is C44H49FN8O6S. The third kappa shape index (κ3) is 8.49. The minimum Gasteiger partial charge on any atom is -0.507 e. The van der Waals surface area contributed by atoms with E-state index in [0.29, 0.717) is 53.4 Å². The molecule has 0 saturated carbocycles. The number of aryl methyl sites for hydroxylation is 1. The molecule has 2 saturated heterocycles. The van der Waals surface area contributed by atoms with Crippen molar-refractivity contribution in [3.05, 3.63) is 95.0 Å². The summed E-state index contributed by atoms with van der Waals surface area (Å²) in [7, 11) is 0. The van der Waals surface area contributed by atoms with Gasteiger partial charge in [0.05, 0.1) is 39.6 Å². The van der Waals surface area contributed by atoms with Crippen LogP contribution in [0.5, 0.6) is 11.6 Å². The minimum atomic E-state index is -1.57. The first-order valence-electron chi connectivity index (χ1n) is 20.3. The molecule has 0 radical (unpaired) electrons. The number of rotatable bonds is 13. The van der Waals surface area contributed by atoms with Crippen molar-refractivity contribution in [2.24, 2.45) is 5.92 Å². The standard InChI is InChI=1S/C44H49FN8O6S/c1-25(2)39(43(57)53-23-31(54)21-34(53)42(56)47-26(3)28-9-11-29(12-10-28)40-27(4)46-24-60-40)36-22-38(51-59-36)58-18-17-52-15-13-44(45,14-16-52)37-20-30-19-33(49-50-41(30)48-37)32-7-5-6-8-35(32)55/h5-12,19-20,22,24-26,31,34,39,54-55H,13-18,21,23H2,1-4H3,(H,47,56)(H,48,50)/t26-,31+,34-,39+/m0/s1. The lowest BCUT2D eigenvalue weighted by Crippen LogP contribution is -2.48. The Labute approximate surface area is 350 Å². The number of aromatic hydroxyl groups is 1. The third-order valence-corrected chi connectivity index (χ3v) is 12.7. The van der Waals surface area contributed by atoms with E-state index in [4.69, 9.17) is 9.26 Å². The fraction of sp³-hybridized carbons (Fsp3) is 0.409. The van der Waals surface area contributed by atoms with Crippen LogP contribution in [-0.2, 0) is 15.3 Å². The fourth-order valence-corrected chi connectivity index (χ4v) is 9.09. The molecule has 0 unspecified atom stereocenters. The number of carbonyl (C=O) groups excluding carboxylic acids is 2. The molecule has 2 aliphatic rings. The number of thiazole rings is 1. The summed E-state index contributed by atoms with van der Waals surface area (Å²) in [6.45, 7) is 9.50. The number of piperidine rings is 1. The zero-order chi connectivity index (χ0) is 42.1. The van der Waals surface area contributed by atoms with Gasteiger partial charge in [-0.15, -0.1) is 21.5 Å². The number of aromatic amines is 1. The first kappa shape index (κ1) is 41.0. The number of fused-ring (bicyclic) bond motifs is 1. The van der Waals surface area contributed by atoms with Crippen LogP contribution in [-0.4, -0.2) is 102 Å². The van der Waals surface area contributed by atoms with Crippen molar-refractivity contribution in [1.82, 2.24) is 40.4 Å². The van der Waals surface area contributed by atoms with Crippen LogP contribution < -0.4 is 10.1 Å². The number of phenols is 1. The van der Waals surface area contributed by atoms with Crippen LogP contribution in [0, 0.1) is 12.8 Å². The molecule has 14 nitrogen and oxygen atoms in total. The summed E-state index contributed by atoms with van der Waals surface area (Å²) in [6, 6.07) is 18.9. The van der Waals surface area contributed by atoms with Gasteiger partial charge in [-0.1, -0.05) is 50.2 Å². The van der Waals surface area contributed by atoms with Gasteiger partial charge < -0.3 is 34.7 Å². The van der Waals surface area contributed by atoms with Crippen LogP contribution in [0.4, 0.5) is 4.39 Å². The number of aliphatic hydroxyl groups excluding tert-OH is 1. The summed E-state index contributed by atoms with van der Waals surface area (Å²) >= 11 is 1.58. The Morgan fingerprint density at radius 2 is 1.85 bits per heavy atom. The first-order chi connectivity index (χ1) is 28.9. The topological polar surface area (TPSA) is 183 Å². The Morgan fingerprint density at radius 1 is 1.08 bits per heavy atom. The number of amides is 2.